The Morgan fingerprint density at radius 1 is 0.938 bits per heavy atom. The SMILES string of the molecule is Clc1cc(Cc2ccccc2)cc(Br)c1Br. The summed E-state index contributed by atoms with van der Waals surface area (Å²) in [5.41, 5.74) is 2.49. The topological polar surface area (TPSA) is 0 Å². The monoisotopic (exact) mass is 358 g/mol. The van der Waals surface area contributed by atoms with Crippen molar-refractivity contribution in [3.63, 3.8) is 0 Å². The second-order valence-electron chi connectivity index (χ2n) is 3.54. The molecule has 16 heavy (non-hydrogen) atoms. The highest BCUT2D eigenvalue weighted by Gasteiger charge is 2.05. The molecule has 0 unspecified atom stereocenters. The van der Waals surface area contributed by atoms with Gasteiger partial charge in [-0.1, -0.05) is 41.9 Å². The van der Waals surface area contributed by atoms with Gasteiger partial charge < -0.3 is 0 Å². The van der Waals surface area contributed by atoms with Gasteiger partial charge in [-0.15, -0.1) is 0 Å². The number of hydrogen-bond donors (Lipinski definition) is 0. The summed E-state index contributed by atoms with van der Waals surface area (Å²) < 4.78 is 1.90. The number of hydrogen-bond acceptors (Lipinski definition) is 0. The lowest BCUT2D eigenvalue weighted by Crippen LogP contribution is -1.88. The zero-order valence-electron chi connectivity index (χ0n) is 8.38. The third kappa shape index (κ3) is 2.88. The molecule has 0 heterocycles. The fourth-order valence-electron chi connectivity index (χ4n) is 1.54. The van der Waals surface area contributed by atoms with E-state index in [2.05, 4.69) is 50.1 Å². The molecule has 2 rings (SSSR count). The number of rotatable bonds is 2. The van der Waals surface area contributed by atoms with Crippen LogP contribution in [0.1, 0.15) is 11.1 Å². The summed E-state index contributed by atoms with van der Waals surface area (Å²) in [7, 11) is 0. The van der Waals surface area contributed by atoms with E-state index in [0.717, 1.165) is 20.4 Å². The Morgan fingerprint density at radius 2 is 1.62 bits per heavy atom. The average Bonchev–Trinajstić information content (AvgIpc) is 2.27. The molecule has 0 bridgehead atoms. The fourth-order valence-corrected chi connectivity index (χ4v) is 2.63. The number of benzene rings is 2. The molecular weight excluding hydrogens is 351 g/mol. The van der Waals surface area contributed by atoms with Gasteiger partial charge in [0.15, 0.2) is 0 Å². The van der Waals surface area contributed by atoms with E-state index in [1.807, 2.05) is 24.3 Å². The van der Waals surface area contributed by atoms with Crippen molar-refractivity contribution in [3.8, 4) is 0 Å². The van der Waals surface area contributed by atoms with Gasteiger partial charge in [0.25, 0.3) is 0 Å². The first-order valence-electron chi connectivity index (χ1n) is 4.84. The van der Waals surface area contributed by atoms with Crippen LogP contribution in [0.5, 0.6) is 0 Å². The Kier molecular flexibility index (Phi) is 4.06. The molecule has 3 heteroatoms. The molecule has 0 nitrogen and oxygen atoms in total. The van der Waals surface area contributed by atoms with Crippen molar-refractivity contribution in [2.45, 2.75) is 6.42 Å². The minimum absolute atomic E-state index is 0.736. The van der Waals surface area contributed by atoms with E-state index in [9.17, 15) is 0 Å². The first-order valence-corrected chi connectivity index (χ1v) is 6.80. The average molecular weight is 360 g/mol. The van der Waals surface area contributed by atoms with Crippen LogP contribution in [0.15, 0.2) is 51.4 Å². The van der Waals surface area contributed by atoms with E-state index in [1.165, 1.54) is 11.1 Å². The highest BCUT2D eigenvalue weighted by atomic mass is 79.9. The van der Waals surface area contributed by atoms with Crippen LogP contribution in [-0.4, -0.2) is 0 Å². The van der Waals surface area contributed by atoms with Crippen LogP contribution in [0, 0.1) is 0 Å². The lowest BCUT2D eigenvalue weighted by atomic mass is 10.1. The van der Waals surface area contributed by atoms with E-state index >= 15 is 0 Å². The molecule has 0 amide bonds. The predicted molar refractivity (Wildman–Crippen MR) is 76.1 cm³/mol. The molecule has 0 fully saturated rings. The van der Waals surface area contributed by atoms with Crippen LogP contribution in [0.4, 0.5) is 0 Å². The summed E-state index contributed by atoms with van der Waals surface area (Å²) in [6, 6.07) is 14.4. The van der Waals surface area contributed by atoms with Gasteiger partial charge in [0.1, 0.15) is 0 Å². The normalized spacial score (nSPS) is 10.4. The summed E-state index contributed by atoms with van der Waals surface area (Å²) in [5.74, 6) is 0. The molecule has 0 atom stereocenters. The zero-order valence-corrected chi connectivity index (χ0v) is 12.3. The molecule has 0 saturated carbocycles. The molecule has 0 aliphatic carbocycles. The Labute approximate surface area is 117 Å². The quantitative estimate of drug-likeness (QED) is 0.624. The van der Waals surface area contributed by atoms with E-state index in [1.54, 1.807) is 0 Å². The Morgan fingerprint density at radius 3 is 2.25 bits per heavy atom. The maximum absolute atomic E-state index is 6.11. The molecule has 0 aliphatic heterocycles. The molecule has 0 spiro atoms. The molecule has 2 aromatic carbocycles. The molecule has 0 saturated heterocycles. The van der Waals surface area contributed by atoms with Gasteiger partial charge in [-0.3, -0.25) is 0 Å². The van der Waals surface area contributed by atoms with Gasteiger partial charge in [-0.2, -0.15) is 0 Å². The molecular formula is C13H9Br2Cl. The summed E-state index contributed by atoms with van der Waals surface area (Å²) >= 11 is 13.0. The van der Waals surface area contributed by atoms with Gasteiger partial charge in [-0.25, -0.2) is 0 Å². The minimum atomic E-state index is 0.736. The van der Waals surface area contributed by atoms with Gasteiger partial charge in [0, 0.05) is 4.47 Å². The highest BCUT2D eigenvalue weighted by Crippen LogP contribution is 2.32. The molecule has 0 aromatic heterocycles. The van der Waals surface area contributed by atoms with Crippen molar-refractivity contribution < 1.29 is 0 Å². The van der Waals surface area contributed by atoms with Crippen molar-refractivity contribution in [3.05, 3.63) is 67.6 Å². The van der Waals surface area contributed by atoms with Gasteiger partial charge >= 0.3 is 0 Å². The molecule has 82 valence electrons. The summed E-state index contributed by atoms with van der Waals surface area (Å²) in [6.45, 7) is 0. The third-order valence-corrected chi connectivity index (χ3v) is 4.83. The van der Waals surface area contributed by atoms with Crippen LogP contribution < -0.4 is 0 Å². The standard InChI is InChI=1S/C13H9Br2Cl/c14-11-7-10(8-12(16)13(11)15)6-9-4-2-1-3-5-9/h1-5,7-8H,6H2. The van der Waals surface area contributed by atoms with Crippen molar-refractivity contribution in [1.82, 2.24) is 0 Å². The highest BCUT2D eigenvalue weighted by molar-refractivity contribution is 9.13. The van der Waals surface area contributed by atoms with Crippen molar-refractivity contribution in [1.29, 1.82) is 0 Å². The van der Waals surface area contributed by atoms with Crippen LogP contribution >= 0.6 is 43.5 Å². The summed E-state index contributed by atoms with van der Waals surface area (Å²) in [4.78, 5) is 0. The van der Waals surface area contributed by atoms with Crippen LogP contribution in [-0.2, 0) is 6.42 Å². The van der Waals surface area contributed by atoms with Crippen molar-refractivity contribution >= 4 is 43.5 Å². The van der Waals surface area contributed by atoms with Crippen molar-refractivity contribution in [2.75, 3.05) is 0 Å². The number of halogens is 3. The zero-order chi connectivity index (χ0) is 11.5. The maximum Gasteiger partial charge on any atom is 0.0562 e. The van der Waals surface area contributed by atoms with Crippen LogP contribution in [0.2, 0.25) is 5.02 Å². The van der Waals surface area contributed by atoms with E-state index < -0.39 is 0 Å². The van der Waals surface area contributed by atoms with Gasteiger partial charge in [0.2, 0.25) is 0 Å². The largest absolute Gasteiger partial charge is 0.0831 e. The molecule has 0 radical (unpaired) electrons. The molecule has 2 aromatic rings. The Bertz CT molecular complexity index is 472. The summed E-state index contributed by atoms with van der Waals surface area (Å²) in [5, 5.41) is 0.736. The van der Waals surface area contributed by atoms with Crippen LogP contribution in [0.3, 0.4) is 0 Å². The Hall–Kier alpha value is -0.310. The van der Waals surface area contributed by atoms with E-state index in [0.29, 0.717) is 0 Å². The minimum Gasteiger partial charge on any atom is -0.0831 e. The molecule has 0 N–H and O–H groups in total. The van der Waals surface area contributed by atoms with Gasteiger partial charge in [0.05, 0.1) is 9.50 Å². The second-order valence-corrected chi connectivity index (χ2v) is 5.59. The third-order valence-electron chi connectivity index (χ3n) is 2.29. The van der Waals surface area contributed by atoms with E-state index in [-0.39, 0.29) is 0 Å². The second kappa shape index (κ2) is 5.35. The lowest BCUT2D eigenvalue weighted by Gasteiger charge is -2.06. The first-order chi connectivity index (χ1) is 7.66. The Balaban J connectivity index is 2.29. The summed E-state index contributed by atoms with van der Waals surface area (Å²) in [6.07, 6.45) is 0.895. The lowest BCUT2D eigenvalue weighted by molar-refractivity contribution is 1.19. The maximum atomic E-state index is 6.11. The first kappa shape index (κ1) is 12.2. The predicted octanol–water partition coefficient (Wildman–Crippen LogP) is 5.46. The smallest absolute Gasteiger partial charge is 0.0562 e. The van der Waals surface area contributed by atoms with Crippen LogP contribution in [0.25, 0.3) is 0 Å². The van der Waals surface area contributed by atoms with Crippen molar-refractivity contribution in [2.24, 2.45) is 0 Å². The van der Waals surface area contributed by atoms with E-state index in [4.69, 9.17) is 11.6 Å². The fraction of sp³-hybridized carbons (Fsp3) is 0.0769. The molecule has 0 aliphatic rings. The van der Waals surface area contributed by atoms with Gasteiger partial charge in [-0.05, 0) is 61.5 Å².